The van der Waals surface area contributed by atoms with E-state index in [9.17, 15) is 4.79 Å². The van der Waals surface area contributed by atoms with E-state index in [1.54, 1.807) is 12.1 Å². The molecule has 1 aromatic carbocycles. The van der Waals surface area contributed by atoms with Gasteiger partial charge in [0.1, 0.15) is 5.75 Å². The molecule has 1 aliphatic heterocycles. The zero-order valence-electron chi connectivity index (χ0n) is 16.1. The number of carbonyl (C=O) groups excluding carboxylic acids is 1. The number of hydrogen-bond acceptors (Lipinski definition) is 6. The van der Waals surface area contributed by atoms with Crippen molar-refractivity contribution in [1.82, 2.24) is 9.80 Å². The van der Waals surface area contributed by atoms with Gasteiger partial charge in [0.15, 0.2) is 5.76 Å². The fraction of sp³-hybridized carbons (Fsp3) is 0.350. The van der Waals surface area contributed by atoms with Crippen LogP contribution < -0.4 is 4.74 Å². The van der Waals surface area contributed by atoms with Crippen LogP contribution in [0.4, 0.5) is 0 Å². The van der Waals surface area contributed by atoms with Gasteiger partial charge in [-0.2, -0.15) is 0 Å². The Labute approximate surface area is 168 Å². The quantitative estimate of drug-likeness (QED) is 0.724. The predicted molar refractivity (Wildman–Crippen MR) is 103 cm³/mol. The molecule has 0 atom stereocenters. The van der Waals surface area contributed by atoms with Crippen LogP contribution in [0.5, 0.6) is 5.75 Å². The highest BCUT2D eigenvalue weighted by atomic mass is 16.5. The maximum atomic E-state index is 12.2. The minimum absolute atomic E-state index is 0.0179. The molecule has 9 nitrogen and oxygen atoms in total. The van der Waals surface area contributed by atoms with E-state index in [1.165, 1.54) is 11.8 Å². The third-order valence-electron chi connectivity index (χ3n) is 4.21. The first-order valence-electron chi connectivity index (χ1n) is 9.13. The molecule has 3 rings (SSSR count). The van der Waals surface area contributed by atoms with Crippen LogP contribution in [0.1, 0.15) is 23.0 Å². The van der Waals surface area contributed by atoms with Crippen LogP contribution in [0, 0.1) is 0 Å². The maximum Gasteiger partial charge on any atom is 0.414 e. The molecular weight excluding hydrogens is 380 g/mol. The molecule has 0 radical (unpaired) electrons. The summed E-state index contributed by atoms with van der Waals surface area (Å²) in [5.41, 5.74) is 1.26. The lowest BCUT2D eigenvalue weighted by atomic mass is 10.2. The smallest absolute Gasteiger partial charge is 0.414 e. The fourth-order valence-corrected chi connectivity index (χ4v) is 2.78. The second kappa shape index (κ2) is 10.9. The molecule has 0 saturated carbocycles. The Morgan fingerprint density at radius 2 is 1.62 bits per heavy atom. The average Bonchev–Trinajstić information content (AvgIpc) is 3.25. The highest BCUT2D eigenvalue weighted by molar-refractivity contribution is 6.27. The monoisotopic (exact) mass is 404 g/mol. The lowest BCUT2D eigenvalue weighted by Gasteiger charge is -2.34. The van der Waals surface area contributed by atoms with E-state index in [1.807, 2.05) is 24.0 Å². The number of benzene rings is 1. The molecule has 9 heteroatoms. The summed E-state index contributed by atoms with van der Waals surface area (Å²) in [6.45, 7) is 6.78. The molecule has 0 unspecified atom stereocenters. The first-order chi connectivity index (χ1) is 13.9. The highest BCUT2D eigenvalue weighted by Crippen LogP contribution is 2.15. The molecule has 0 aliphatic carbocycles. The summed E-state index contributed by atoms with van der Waals surface area (Å²) >= 11 is 0. The molecule has 2 aromatic rings. The topological polar surface area (TPSA) is 121 Å². The zero-order valence-corrected chi connectivity index (χ0v) is 16.1. The van der Waals surface area contributed by atoms with Crippen molar-refractivity contribution in [3.8, 4) is 5.75 Å². The number of furan rings is 1. The molecular formula is C20H24N2O7. The molecule has 2 N–H and O–H groups in total. The largest absolute Gasteiger partial charge is 0.494 e. The van der Waals surface area contributed by atoms with Crippen molar-refractivity contribution >= 4 is 17.8 Å². The summed E-state index contributed by atoms with van der Waals surface area (Å²) in [5, 5.41) is 14.8. The van der Waals surface area contributed by atoms with Crippen LogP contribution in [0.15, 0.2) is 47.1 Å². The normalized spacial score (nSPS) is 13.9. The Kier molecular flexibility index (Phi) is 8.23. The van der Waals surface area contributed by atoms with Gasteiger partial charge in [0.2, 0.25) is 0 Å². The number of carbonyl (C=O) groups is 3. The number of carboxylic acid groups (broad SMARTS) is 2. The molecule has 1 aromatic heterocycles. The molecule has 1 fully saturated rings. The van der Waals surface area contributed by atoms with Crippen molar-refractivity contribution in [2.45, 2.75) is 13.5 Å². The van der Waals surface area contributed by atoms with Crippen molar-refractivity contribution in [3.05, 3.63) is 54.0 Å². The fourth-order valence-electron chi connectivity index (χ4n) is 2.78. The third-order valence-corrected chi connectivity index (χ3v) is 4.21. The van der Waals surface area contributed by atoms with Crippen molar-refractivity contribution in [1.29, 1.82) is 0 Å². The summed E-state index contributed by atoms with van der Waals surface area (Å²) in [5.74, 6) is -2.34. The Bertz CT molecular complexity index is 783. The van der Waals surface area contributed by atoms with Crippen LogP contribution >= 0.6 is 0 Å². The van der Waals surface area contributed by atoms with Gasteiger partial charge in [-0.1, -0.05) is 12.1 Å². The first-order valence-corrected chi connectivity index (χ1v) is 9.13. The number of amides is 1. The van der Waals surface area contributed by atoms with E-state index in [0.29, 0.717) is 12.4 Å². The van der Waals surface area contributed by atoms with Crippen molar-refractivity contribution in [2.75, 3.05) is 32.8 Å². The summed E-state index contributed by atoms with van der Waals surface area (Å²) in [4.78, 5) is 34.6. The van der Waals surface area contributed by atoms with Gasteiger partial charge in [-0.3, -0.25) is 9.69 Å². The molecule has 156 valence electrons. The van der Waals surface area contributed by atoms with E-state index < -0.39 is 11.9 Å². The Hall–Kier alpha value is -3.33. The average molecular weight is 404 g/mol. The molecule has 0 bridgehead atoms. The van der Waals surface area contributed by atoms with Gasteiger partial charge in [-0.15, -0.1) is 0 Å². The maximum absolute atomic E-state index is 12.2. The van der Waals surface area contributed by atoms with Gasteiger partial charge in [0.25, 0.3) is 5.91 Å². The van der Waals surface area contributed by atoms with Crippen LogP contribution in [-0.4, -0.2) is 70.6 Å². The SMILES string of the molecule is CCOc1ccc(CN2CCN(C(=O)c3ccco3)CC2)cc1.O=C(O)C(=O)O. The molecule has 29 heavy (non-hydrogen) atoms. The standard InChI is InChI=1S/C18H22N2O3.C2H2O4/c1-2-22-16-7-5-15(6-8-16)14-19-9-11-20(12-10-19)18(21)17-4-3-13-23-17;3-1(4)2(5)6/h3-8,13H,2,9-12,14H2,1H3;(H,3,4)(H,5,6). The number of ether oxygens (including phenoxy) is 1. The minimum atomic E-state index is -1.82. The molecule has 1 aliphatic rings. The van der Waals surface area contributed by atoms with Crippen LogP contribution in [-0.2, 0) is 16.1 Å². The number of aliphatic carboxylic acids is 2. The van der Waals surface area contributed by atoms with Gasteiger partial charge in [-0.25, -0.2) is 9.59 Å². The summed E-state index contributed by atoms with van der Waals surface area (Å²) in [7, 11) is 0. The highest BCUT2D eigenvalue weighted by Gasteiger charge is 2.23. The van der Waals surface area contributed by atoms with Gasteiger partial charge < -0.3 is 24.3 Å². The van der Waals surface area contributed by atoms with Crippen LogP contribution in [0.3, 0.4) is 0 Å². The molecule has 2 heterocycles. The first kappa shape index (κ1) is 22.0. The predicted octanol–water partition coefficient (Wildman–Crippen LogP) is 1.79. The van der Waals surface area contributed by atoms with E-state index in [2.05, 4.69) is 17.0 Å². The summed E-state index contributed by atoms with van der Waals surface area (Å²) < 4.78 is 10.6. The molecule has 1 amide bonds. The summed E-state index contributed by atoms with van der Waals surface area (Å²) in [6, 6.07) is 11.7. The van der Waals surface area contributed by atoms with E-state index in [-0.39, 0.29) is 5.91 Å². The third kappa shape index (κ3) is 6.96. The minimum Gasteiger partial charge on any atom is -0.494 e. The molecule has 0 spiro atoms. The number of nitrogens with zero attached hydrogens (tertiary/aromatic N) is 2. The van der Waals surface area contributed by atoms with Crippen molar-refractivity contribution in [2.24, 2.45) is 0 Å². The Morgan fingerprint density at radius 3 is 2.10 bits per heavy atom. The Morgan fingerprint density at radius 1 is 1.00 bits per heavy atom. The van der Waals surface area contributed by atoms with Crippen LogP contribution in [0.2, 0.25) is 0 Å². The van der Waals surface area contributed by atoms with E-state index in [4.69, 9.17) is 29.0 Å². The molecule has 1 saturated heterocycles. The number of hydrogen-bond donors (Lipinski definition) is 2. The second-order valence-corrected chi connectivity index (χ2v) is 6.23. The van der Waals surface area contributed by atoms with Gasteiger partial charge in [0, 0.05) is 32.7 Å². The van der Waals surface area contributed by atoms with E-state index >= 15 is 0 Å². The van der Waals surface area contributed by atoms with Crippen molar-refractivity contribution in [3.63, 3.8) is 0 Å². The zero-order chi connectivity index (χ0) is 21.2. The van der Waals surface area contributed by atoms with Gasteiger partial charge >= 0.3 is 11.9 Å². The lowest BCUT2D eigenvalue weighted by molar-refractivity contribution is -0.159. The summed E-state index contributed by atoms with van der Waals surface area (Å²) in [6.07, 6.45) is 1.54. The lowest BCUT2D eigenvalue weighted by Crippen LogP contribution is -2.48. The Balaban J connectivity index is 0.000000438. The number of carboxylic acids is 2. The second-order valence-electron chi connectivity index (χ2n) is 6.23. The van der Waals surface area contributed by atoms with Crippen molar-refractivity contribution < 1.29 is 33.8 Å². The number of rotatable bonds is 5. The number of piperazine rings is 1. The van der Waals surface area contributed by atoms with Crippen LogP contribution in [0.25, 0.3) is 0 Å². The van der Waals surface area contributed by atoms with Gasteiger partial charge in [0.05, 0.1) is 12.9 Å². The van der Waals surface area contributed by atoms with Gasteiger partial charge in [-0.05, 0) is 36.8 Å². The van der Waals surface area contributed by atoms with E-state index in [0.717, 1.165) is 38.5 Å².